The van der Waals surface area contributed by atoms with Crippen LogP contribution < -0.4 is 10.2 Å². The fourth-order valence-electron chi connectivity index (χ4n) is 3.64. The normalized spacial score (nSPS) is 16.9. The van der Waals surface area contributed by atoms with E-state index in [2.05, 4.69) is 5.32 Å². The Bertz CT molecular complexity index is 1110. The van der Waals surface area contributed by atoms with Crippen molar-refractivity contribution < 1.29 is 18.0 Å². The van der Waals surface area contributed by atoms with E-state index in [1.165, 1.54) is 27.0 Å². The summed E-state index contributed by atoms with van der Waals surface area (Å²) in [5, 5.41) is 2.83. The molecule has 4 rings (SSSR count). The first kappa shape index (κ1) is 22.2. The van der Waals surface area contributed by atoms with Crippen LogP contribution in [0.25, 0.3) is 0 Å². The Morgan fingerprint density at radius 2 is 1.94 bits per heavy atom. The number of hydrogen-bond acceptors (Lipinski definition) is 6. The fraction of sp³-hybridized carbons (Fsp3) is 0.333. The van der Waals surface area contributed by atoms with Gasteiger partial charge < -0.3 is 10.2 Å². The first-order valence-corrected chi connectivity index (χ1v) is 13.5. The van der Waals surface area contributed by atoms with Crippen LogP contribution in [0.1, 0.15) is 12.8 Å². The summed E-state index contributed by atoms with van der Waals surface area (Å²) in [4.78, 5) is 28.6. The van der Waals surface area contributed by atoms with Gasteiger partial charge in [-0.3, -0.25) is 9.59 Å². The third-order valence-electron chi connectivity index (χ3n) is 5.23. The van der Waals surface area contributed by atoms with Gasteiger partial charge in [-0.05, 0) is 55.5 Å². The maximum atomic E-state index is 13.0. The average Bonchev–Trinajstić information content (AvgIpc) is 3.31. The number of fused-ring (bicyclic) bond motifs is 1. The largest absolute Gasteiger partial charge is 0.324 e. The van der Waals surface area contributed by atoms with E-state index in [4.69, 9.17) is 0 Å². The van der Waals surface area contributed by atoms with Gasteiger partial charge in [0.05, 0.1) is 16.3 Å². The topological polar surface area (TPSA) is 86.8 Å². The SMILES string of the molecule is CSc1cccc(NC(=O)CN2C(=O)CSc3ccc(S(=O)(=O)N4CCCC4)cc32)c1. The van der Waals surface area contributed by atoms with Crippen LogP contribution in [0, 0.1) is 0 Å². The van der Waals surface area contributed by atoms with Crippen LogP contribution in [0.5, 0.6) is 0 Å². The number of nitrogens with one attached hydrogen (secondary N) is 1. The van der Waals surface area contributed by atoms with E-state index >= 15 is 0 Å². The van der Waals surface area contributed by atoms with Gasteiger partial charge in [0.1, 0.15) is 6.54 Å². The molecule has 0 atom stereocenters. The van der Waals surface area contributed by atoms with Crippen molar-refractivity contribution in [1.29, 1.82) is 0 Å². The molecule has 10 heteroatoms. The molecule has 2 amide bonds. The molecule has 2 heterocycles. The third kappa shape index (κ3) is 4.77. The Kier molecular flexibility index (Phi) is 6.61. The number of benzene rings is 2. The smallest absolute Gasteiger partial charge is 0.244 e. The Labute approximate surface area is 190 Å². The third-order valence-corrected chi connectivity index (χ3v) is 8.90. The lowest BCUT2D eigenvalue weighted by atomic mass is 10.2. The summed E-state index contributed by atoms with van der Waals surface area (Å²) in [6, 6.07) is 12.3. The van der Waals surface area contributed by atoms with E-state index in [-0.39, 0.29) is 29.0 Å². The average molecular weight is 478 g/mol. The molecular weight excluding hydrogens is 454 g/mol. The Hall–Kier alpha value is -2.01. The van der Waals surface area contributed by atoms with Crippen molar-refractivity contribution in [2.24, 2.45) is 0 Å². The highest BCUT2D eigenvalue weighted by molar-refractivity contribution is 8.00. The Morgan fingerprint density at radius 1 is 1.16 bits per heavy atom. The lowest BCUT2D eigenvalue weighted by Gasteiger charge is -2.29. The molecule has 0 bridgehead atoms. The molecule has 2 aromatic rings. The van der Waals surface area contributed by atoms with Gasteiger partial charge in [-0.1, -0.05) is 6.07 Å². The standard InChI is InChI=1S/C21H23N3O4S3/c1-29-16-6-4-5-15(11-16)22-20(25)13-24-18-12-17(7-8-19(18)30-14-21(24)26)31(27,28)23-9-2-3-10-23/h4-8,11-12H,2-3,9-10,13-14H2,1H3,(H,22,25). The minimum atomic E-state index is -3.61. The highest BCUT2D eigenvalue weighted by atomic mass is 32.2. The van der Waals surface area contributed by atoms with Crippen LogP contribution in [0.15, 0.2) is 57.2 Å². The number of amides is 2. The van der Waals surface area contributed by atoms with E-state index in [0.29, 0.717) is 24.5 Å². The minimum Gasteiger partial charge on any atom is -0.324 e. The highest BCUT2D eigenvalue weighted by Gasteiger charge is 2.31. The Balaban J connectivity index is 1.58. The summed E-state index contributed by atoms with van der Waals surface area (Å²) in [6.45, 7) is 0.839. The molecule has 164 valence electrons. The second-order valence-electron chi connectivity index (χ2n) is 7.29. The fourth-order valence-corrected chi connectivity index (χ4v) is 6.55. The maximum absolute atomic E-state index is 13.0. The Morgan fingerprint density at radius 3 is 2.68 bits per heavy atom. The van der Waals surface area contributed by atoms with Crippen LogP contribution in [0.4, 0.5) is 11.4 Å². The molecule has 0 aliphatic carbocycles. The number of carbonyl (C=O) groups is 2. The van der Waals surface area contributed by atoms with Crippen molar-refractivity contribution in [2.75, 3.05) is 41.9 Å². The second-order valence-corrected chi connectivity index (χ2v) is 11.1. The molecule has 31 heavy (non-hydrogen) atoms. The van der Waals surface area contributed by atoms with Crippen molar-refractivity contribution in [2.45, 2.75) is 27.5 Å². The first-order valence-electron chi connectivity index (χ1n) is 9.90. The van der Waals surface area contributed by atoms with E-state index in [1.807, 2.05) is 24.5 Å². The molecule has 0 saturated carbocycles. The zero-order valence-corrected chi connectivity index (χ0v) is 19.5. The second kappa shape index (κ2) is 9.23. The zero-order valence-electron chi connectivity index (χ0n) is 17.0. The number of rotatable bonds is 6. The predicted molar refractivity (Wildman–Crippen MR) is 124 cm³/mol. The van der Waals surface area contributed by atoms with E-state index in [0.717, 1.165) is 22.6 Å². The van der Waals surface area contributed by atoms with Crippen molar-refractivity contribution in [3.05, 3.63) is 42.5 Å². The molecule has 2 aliphatic heterocycles. The van der Waals surface area contributed by atoms with Crippen LogP contribution >= 0.6 is 23.5 Å². The number of sulfonamides is 1. The van der Waals surface area contributed by atoms with Crippen molar-refractivity contribution in [1.82, 2.24) is 4.31 Å². The summed E-state index contributed by atoms with van der Waals surface area (Å²) in [7, 11) is -3.61. The minimum absolute atomic E-state index is 0.154. The summed E-state index contributed by atoms with van der Waals surface area (Å²) >= 11 is 2.93. The first-order chi connectivity index (χ1) is 14.9. The lowest BCUT2D eigenvalue weighted by molar-refractivity contribution is -0.120. The monoisotopic (exact) mass is 477 g/mol. The van der Waals surface area contributed by atoms with Gasteiger partial charge in [0.15, 0.2) is 0 Å². The summed E-state index contributed by atoms with van der Waals surface area (Å²) < 4.78 is 27.4. The van der Waals surface area contributed by atoms with Crippen molar-refractivity contribution in [3.63, 3.8) is 0 Å². The van der Waals surface area contributed by atoms with Gasteiger partial charge in [0, 0.05) is 28.6 Å². The number of carbonyl (C=O) groups excluding carboxylic acids is 2. The van der Waals surface area contributed by atoms with Crippen LogP contribution in [-0.2, 0) is 19.6 Å². The van der Waals surface area contributed by atoms with Gasteiger partial charge in [0.2, 0.25) is 21.8 Å². The van der Waals surface area contributed by atoms with Crippen LogP contribution in [-0.4, -0.2) is 56.2 Å². The molecule has 0 radical (unpaired) electrons. The zero-order chi connectivity index (χ0) is 22.0. The summed E-state index contributed by atoms with van der Waals surface area (Å²) in [5.74, 6) is -0.348. The lowest BCUT2D eigenvalue weighted by Crippen LogP contribution is -2.41. The van der Waals surface area contributed by atoms with Gasteiger partial charge in [-0.15, -0.1) is 23.5 Å². The van der Waals surface area contributed by atoms with Gasteiger partial charge >= 0.3 is 0 Å². The molecular formula is C21H23N3O4S3. The molecule has 1 saturated heterocycles. The number of thioether (sulfide) groups is 2. The van der Waals surface area contributed by atoms with E-state index in [1.54, 1.807) is 30.0 Å². The summed E-state index contributed by atoms with van der Waals surface area (Å²) in [5.41, 5.74) is 1.12. The van der Waals surface area contributed by atoms with Crippen molar-refractivity contribution in [3.8, 4) is 0 Å². The molecule has 0 unspecified atom stereocenters. The van der Waals surface area contributed by atoms with Crippen LogP contribution in [0.2, 0.25) is 0 Å². The molecule has 2 aliphatic rings. The summed E-state index contributed by atoms with van der Waals surface area (Å²) in [6.07, 6.45) is 3.65. The molecule has 1 N–H and O–H groups in total. The molecule has 0 aromatic heterocycles. The van der Waals surface area contributed by atoms with Crippen molar-refractivity contribution >= 4 is 56.7 Å². The predicted octanol–water partition coefficient (Wildman–Crippen LogP) is 3.27. The molecule has 7 nitrogen and oxygen atoms in total. The van der Waals surface area contributed by atoms with Gasteiger partial charge in [-0.25, -0.2) is 8.42 Å². The van der Waals surface area contributed by atoms with E-state index in [9.17, 15) is 18.0 Å². The number of anilines is 2. The number of hydrogen-bond donors (Lipinski definition) is 1. The molecule has 0 spiro atoms. The molecule has 1 fully saturated rings. The quantitative estimate of drug-likeness (QED) is 0.643. The molecule has 2 aromatic carbocycles. The van der Waals surface area contributed by atoms with Gasteiger partial charge in [0.25, 0.3) is 0 Å². The highest BCUT2D eigenvalue weighted by Crippen LogP contribution is 2.37. The number of nitrogens with zero attached hydrogens (tertiary/aromatic N) is 2. The van der Waals surface area contributed by atoms with Gasteiger partial charge in [-0.2, -0.15) is 4.31 Å². The maximum Gasteiger partial charge on any atom is 0.244 e. The van der Waals surface area contributed by atoms with E-state index < -0.39 is 10.0 Å². The van der Waals surface area contributed by atoms with Crippen LogP contribution in [0.3, 0.4) is 0 Å².